The number of aromatic nitrogens is 2. The number of methoxy groups -OCH3 is 2. The SMILES string of the molecule is COc1cc(Cl)nc(Oc2cccc3c2C(=O)OC3OC)n1. The zero-order chi connectivity index (χ0) is 15.7. The topological polar surface area (TPSA) is 79.8 Å². The van der Waals surface area contributed by atoms with Gasteiger partial charge in [0.25, 0.3) is 0 Å². The Morgan fingerprint density at radius 3 is 2.82 bits per heavy atom. The number of nitrogens with zero attached hydrogens (tertiary/aromatic N) is 2. The Morgan fingerprint density at radius 2 is 2.09 bits per heavy atom. The van der Waals surface area contributed by atoms with Crippen LogP contribution in [0.15, 0.2) is 24.3 Å². The minimum Gasteiger partial charge on any atom is -0.481 e. The summed E-state index contributed by atoms with van der Waals surface area (Å²) in [6.07, 6.45) is -0.749. The molecule has 2 heterocycles. The molecule has 0 saturated carbocycles. The quantitative estimate of drug-likeness (QED) is 0.632. The highest BCUT2D eigenvalue weighted by Gasteiger charge is 2.34. The van der Waals surface area contributed by atoms with Crippen molar-refractivity contribution in [1.29, 1.82) is 0 Å². The van der Waals surface area contributed by atoms with Gasteiger partial charge in [-0.1, -0.05) is 23.7 Å². The molecule has 1 aliphatic heterocycles. The van der Waals surface area contributed by atoms with E-state index in [0.29, 0.717) is 5.56 Å². The van der Waals surface area contributed by atoms with Crippen LogP contribution in [-0.2, 0) is 9.47 Å². The lowest BCUT2D eigenvalue weighted by Gasteiger charge is -2.09. The summed E-state index contributed by atoms with van der Waals surface area (Å²) in [4.78, 5) is 19.9. The van der Waals surface area contributed by atoms with Crippen LogP contribution in [0.1, 0.15) is 22.2 Å². The van der Waals surface area contributed by atoms with E-state index in [1.54, 1.807) is 18.2 Å². The Labute approximate surface area is 130 Å². The van der Waals surface area contributed by atoms with Crippen molar-refractivity contribution in [3.8, 4) is 17.6 Å². The summed E-state index contributed by atoms with van der Waals surface area (Å²) in [6.45, 7) is 0. The van der Waals surface area contributed by atoms with E-state index in [9.17, 15) is 4.79 Å². The molecule has 3 rings (SSSR count). The molecule has 1 aromatic heterocycles. The van der Waals surface area contributed by atoms with E-state index in [4.69, 9.17) is 30.5 Å². The van der Waals surface area contributed by atoms with E-state index in [1.165, 1.54) is 20.3 Å². The van der Waals surface area contributed by atoms with Gasteiger partial charge in [0.05, 0.1) is 7.11 Å². The van der Waals surface area contributed by atoms with Crippen molar-refractivity contribution in [1.82, 2.24) is 9.97 Å². The smallest absolute Gasteiger partial charge is 0.345 e. The molecule has 1 aliphatic rings. The number of fused-ring (bicyclic) bond motifs is 1. The summed E-state index contributed by atoms with van der Waals surface area (Å²) in [6, 6.07) is 6.45. The second kappa shape index (κ2) is 5.78. The van der Waals surface area contributed by atoms with E-state index in [0.717, 1.165) is 0 Å². The van der Waals surface area contributed by atoms with Crippen LogP contribution in [0.25, 0.3) is 0 Å². The summed E-state index contributed by atoms with van der Waals surface area (Å²) in [5, 5.41) is 0.159. The summed E-state index contributed by atoms with van der Waals surface area (Å²) in [7, 11) is 2.90. The largest absolute Gasteiger partial charge is 0.481 e. The van der Waals surface area contributed by atoms with Crippen LogP contribution in [0.3, 0.4) is 0 Å². The number of hydrogen-bond acceptors (Lipinski definition) is 7. The van der Waals surface area contributed by atoms with Crippen molar-refractivity contribution in [2.75, 3.05) is 14.2 Å². The fourth-order valence-electron chi connectivity index (χ4n) is 2.07. The second-order valence-corrected chi connectivity index (χ2v) is 4.70. The van der Waals surface area contributed by atoms with E-state index >= 15 is 0 Å². The molecular formula is C14H11ClN2O5. The Bertz CT molecular complexity index is 737. The molecule has 1 atom stereocenters. The average molecular weight is 323 g/mol. The fraction of sp³-hybridized carbons (Fsp3) is 0.214. The Hall–Kier alpha value is -2.38. The molecule has 2 aromatic rings. The molecule has 0 saturated heterocycles. The van der Waals surface area contributed by atoms with Gasteiger partial charge in [-0.15, -0.1) is 0 Å². The lowest BCUT2D eigenvalue weighted by Crippen LogP contribution is -2.01. The van der Waals surface area contributed by atoms with Crippen molar-refractivity contribution in [2.24, 2.45) is 0 Å². The number of ether oxygens (including phenoxy) is 4. The minimum atomic E-state index is -0.749. The molecule has 0 radical (unpaired) electrons. The highest BCUT2D eigenvalue weighted by atomic mass is 35.5. The van der Waals surface area contributed by atoms with Crippen LogP contribution in [0.2, 0.25) is 5.15 Å². The molecule has 8 heteroatoms. The van der Waals surface area contributed by atoms with E-state index in [2.05, 4.69) is 9.97 Å². The van der Waals surface area contributed by atoms with Crippen LogP contribution >= 0.6 is 11.6 Å². The van der Waals surface area contributed by atoms with Gasteiger partial charge < -0.3 is 18.9 Å². The maximum absolute atomic E-state index is 12.0. The summed E-state index contributed by atoms with van der Waals surface area (Å²) in [5.74, 6) is -0.0299. The zero-order valence-electron chi connectivity index (χ0n) is 11.7. The Morgan fingerprint density at radius 1 is 1.27 bits per heavy atom. The standard InChI is InChI=1S/C14H11ClN2O5/c1-19-10-6-9(15)16-14(17-10)21-8-5-3-4-7-11(8)12(18)22-13(7)20-2/h3-6,13H,1-2H3. The molecule has 7 nitrogen and oxygen atoms in total. The van der Waals surface area contributed by atoms with Crippen LogP contribution in [-0.4, -0.2) is 30.2 Å². The molecule has 0 amide bonds. The van der Waals surface area contributed by atoms with Gasteiger partial charge in [0.1, 0.15) is 16.5 Å². The molecule has 0 aliphatic carbocycles. The van der Waals surface area contributed by atoms with Crippen molar-refractivity contribution in [3.05, 3.63) is 40.5 Å². The maximum Gasteiger partial charge on any atom is 0.345 e. The maximum atomic E-state index is 12.0. The summed E-state index contributed by atoms with van der Waals surface area (Å²) in [5.41, 5.74) is 0.857. The van der Waals surface area contributed by atoms with Crippen LogP contribution in [0.4, 0.5) is 0 Å². The van der Waals surface area contributed by atoms with Gasteiger partial charge >= 0.3 is 12.0 Å². The van der Waals surface area contributed by atoms with E-state index in [1.807, 2.05) is 0 Å². The van der Waals surface area contributed by atoms with Gasteiger partial charge in [0, 0.05) is 18.7 Å². The van der Waals surface area contributed by atoms with Gasteiger partial charge in [-0.25, -0.2) is 4.79 Å². The molecule has 0 fully saturated rings. The first kappa shape index (κ1) is 14.6. The minimum absolute atomic E-state index is 0.0357. The predicted molar refractivity (Wildman–Crippen MR) is 75.3 cm³/mol. The first-order valence-electron chi connectivity index (χ1n) is 6.25. The number of cyclic esters (lactones) is 1. The number of rotatable bonds is 4. The van der Waals surface area contributed by atoms with Crippen molar-refractivity contribution in [2.45, 2.75) is 6.29 Å². The molecule has 22 heavy (non-hydrogen) atoms. The number of benzene rings is 1. The molecule has 1 unspecified atom stereocenters. The predicted octanol–water partition coefficient (Wildman–Crippen LogP) is 2.75. The third kappa shape index (κ3) is 2.56. The lowest BCUT2D eigenvalue weighted by atomic mass is 10.1. The Balaban J connectivity index is 1.99. The highest BCUT2D eigenvalue weighted by molar-refractivity contribution is 6.29. The third-order valence-electron chi connectivity index (χ3n) is 3.01. The summed E-state index contributed by atoms with van der Waals surface area (Å²) < 4.78 is 20.8. The van der Waals surface area contributed by atoms with Crippen molar-refractivity contribution >= 4 is 17.6 Å². The molecule has 1 aromatic carbocycles. The number of halogens is 1. The number of esters is 1. The van der Waals surface area contributed by atoms with Gasteiger partial charge in [0.2, 0.25) is 12.2 Å². The first-order valence-corrected chi connectivity index (χ1v) is 6.63. The molecule has 114 valence electrons. The van der Waals surface area contributed by atoms with E-state index < -0.39 is 12.3 Å². The van der Waals surface area contributed by atoms with E-state index in [-0.39, 0.29) is 28.4 Å². The van der Waals surface area contributed by atoms with Crippen LogP contribution in [0, 0.1) is 0 Å². The lowest BCUT2D eigenvalue weighted by molar-refractivity contribution is -0.0815. The normalized spacial score (nSPS) is 16.1. The molecule has 0 N–H and O–H groups in total. The first-order chi connectivity index (χ1) is 10.6. The van der Waals surface area contributed by atoms with Crippen LogP contribution in [0.5, 0.6) is 17.6 Å². The van der Waals surface area contributed by atoms with Gasteiger partial charge in [-0.05, 0) is 6.07 Å². The Kier molecular flexibility index (Phi) is 3.82. The van der Waals surface area contributed by atoms with Gasteiger partial charge in [-0.2, -0.15) is 9.97 Å². The van der Waals surface area contributed by atoms with Gasteiger partial charge in [-0.3, -0.25) is 0 Å². The summed E-state index contributed by atoms with van der Waals surface area (Å²) >= 11 is 5.86. The molecule has 0 bridgehead atoms. The molecule has 0 spiro atoms. The zero-order valence-corrected chi connectivity index (χ0v) is 12.5. The monoisotopic (exact) mass is 322 g/mol. The van der Waals surface area contributed by atoms with Crippen LogP contribution < -0.4 is 9.47 Å². The third-order valence-corrected chi connectivity index (χ3v) is 3.20. The number of carbonyl (C=O) groups excluding carboxylic acids is 1. The fourth-order valence-corrected chi connectivity index (χ4v) is 2.23. The van der Waals surface area contributed by atoms with Crippen molar-refractivity contribution in [3.63, 3.8) is 0 Å². The highest BCUT2D eigenvalue weighted by Crippen LogP contribution is 2.38. The average Bonchev–Trinajstić information content (AvgIpc) is 2.84. The number of hydrogen-bond donors (Lipinski definition) is 0. The molecular weight excluding hydrogens is 312 g/mol. The number of carbonyl (C=O) groups is 1. The van der Waals surface area contributed by atoms with Gasteiger partial charge in [0.15, 0.2) is 0 Å². The second-order valence-electron chi connectivity index (χ2n) is 4.31. The van der Waals surface area contributed by atoms with Crippen molar-refractivity contribution < 1.29 is 23.7 Å².